The minimum Gasteiger partial charge on any atom is -0.369 e. The van der Waals surface area contributed by atoms with Crippen LogP contribution in [0.3, 0.4) is 0 Å². The highest BCUT2D eigenvalue weighted by Crippen LogP contribution is 2.31. The molecule has 0 aliphatic carbocycles. The van der Waals surface area contributed by atoms with Gasteiger partial charge in [0.1, 0.15) is 5.69 Å². The van der Waals surface area contributed by atoms with E-state index in [0.29, 0.717) is 6.10 Å². The summed E-state index contributed by atoms with van der Waals surface area (Å²) in [5, 5.41) is 26.1. The molecule has 9 nitrogen and oxygen atoms in total. The molecule has 1 aromatic rings. The number of hydrazone groups is 1. The molecule has 23 heavy (non-hydrogen) atoms. The van der Waals surface area contributed by atoms with Crippen molar-refractivity contribution in [1.82, 2.24) is 0 Å². The average Bonchev–Trinajstić information content (AvgIpc) is 2.88. The molecule has 1 N–H and O–H groups in total. The van der Waals surface area contributed by atoms with Crippen molar-refractivity contribution in [2.75, 3.05) is 5.43 Å². The molecule has 9 heteroatoms. The van der Waals surface area contributed by atoms with Crippen LogP contribution in [0.25, 0.3) is 0 Å². The van der Waals surface area contributed by atoms with E-state index in [9.17, 15) is 20.2 Å². The van der Waals surface area contributed by atoms with Crippen LogP contribution in [-0.2, 0) is 4.74 Å². The number of ether oxygens (including phenoxy) is 1. The van der Waals surface area contributed by atoms with E-state index < -0.39 is 9.85 Å². The maximum Gasteiger partial charge on any atom is 0.301 e. The minimum atomic E-state index is -0.666. The molecule has 0 aromatic heterocycles. The summed E-state index contributed by atoms with van der Waals surface area (Å²) >= 11 is 0. The first-order chi connectivity index (χ1) is 11.0. The number of hydrogen-bond acceptors (Lipinski definition) is 7. The molecule has 2 aliphatic heterocycles. The molecule has 2 atom stereocenters. The highest BCUT2D eigenvalue weighted by atomic mass is 16.6. The van der Waals surface area contributed by atoms with E-state index in [-0.39, 0.29) is 23.2 Å². The number of benzene rings is 1. The molecule has 2 fully saturated rings. The quantitative estimate of drug-likeness (QED) is 0.672. The highest BCUT2D eigenvalue weighted by Gasteiger charge is 2.32. The minimum absolute atomic E-state index is 0.0351. The molecule has 2 bridgehead atoms. The predicted octanol–water partition coefficient (Wildman–Crippen LogP) is 3.00. The molecule has 3 rings (SSSR count). The lowest BCUT2D eigenvalue weighted by Gasteiger charge is -2.11. The Morgan fingerprint density at radius 1 is 1.17 bits per heavy atom. The van der Waals surface area contributed by atoms with Gasteiger partial charge in [-0.25, -0.2) is 0 Å². The lowest BCUT2D eigenvalue weighted by molar-refractivity contribution is -0.393. The standard InChI is InChI=1S/C14H16N4O5/c19-17(20)9-4-6-11(13(8-9)18(21)22)15-16-12-3-1-2-10-5-7-14(12)23-10/h4,6,8,10,14-15H,1-3,5,7H2/b16-12-/t10-,14-/m1/s1. The van der Waals surface area contributed by atoms with Crippen molar-refractivity contribution in [3.8, 4) is 0 Å². The Bertz CT molecular complexity index is 675. The second kappa shape index (κ2) is 6.29. The third kappa shape index (κ3) is 3.29. The van der Waals surface area contributed by atoms with Crippen molar-refractivity contribution in [3.05, 3.63) is 38.4 Å². The number of rotatable bonds is 4. The second-order valence-corrected chi connectivity index (χ2v) is 5.65. The van der Waals surface area contributed by atoms with Crippen LogP contribution < -0.4 is 5.43 Å². The van der Waals surface area contributed by atoms with Crippen LogP contribution in [-0.4, -0.2) is 27.8 Å². The van der Waals surface area contributed by atoms with Crippen LogP contribution in [0, 0.1) is 20.2 Å². The molecule has 2 heterocycles. The van der Waals surface area contributed by atoms with Crippen LogP contribution in [0.5, 0.6) is 0 Å². The molecular weight excluding hydrogens is 304 g/mol. The Morgan fingerprint density at radius 2 is 2.00 bits per heavy atom. The van der Waals surface area contributed by atoms with Gasteiger partial charge in [0, 0.05) is 6.07 Å². The van der Waals surface area contributed by atoms with Crippen LogP contribution in [0.1, 0.15) is 32.1 Å². The summed E-state index contributed by atoms with van der Waals surface area (Å²) in [6, 6.07) is 3.44. The Morgan fingerprint density at radius 3 is 2.74 bits per heavy atom. The number of nitro benzene ring substituents is 2. The largest absolute Gasteiger partial charge is 0.369 e. The number of fused-ring (bicyclic) bond motifs is 2. The summed E-state index contributed by atoms with van der Waals surface area (Å²) < 4.78 is 5.86. The smallest absolute Gasteiger partial charge is 0.301 e. The molecule has 0 spiro atoms. The lowest BCUT2D eigenvalue weighted by Crippen LogP contribution is -2.20. The first kappa shape index (κ1) is 15.3. The highest BCUT2D eigenvalue weighted by molar-refractivity contribution is 5.90. The molecule has 0 amide bonds. The van der Waals surface area contributed by atoms with Crippen molar-refractivity contribution in [1.29, 1.82) is 0 Å². The normalized spacial score (nSPS) is 25.1. The van der Waals surface area contributed by atoms with Gasteiger partial charge in [-0.1, -0.05) is 0 Å². The van der Waals surface area contributed by atoms with Gasteiger partial charge in [0.15, 0.2) is 0 Å². The first-order valence-electron chi connectivity index (χ1n) is 7.45. The fourth-order valence-corrected chi connectivity index (χ4v) is 2.97. The Labute approximate surface area is 131 Å². The lowest BCUT2D eigenvalue weighted by atomic mass is 9.99. The second-order valence-electron chi connectivity index (χ2n) is 5.65. The molecule has 2 saturated heterocycles. The van der Waals surface area contributed by atoms with Gasteiger partial charge >= 0.3 is 5.69 Å². The van der Waals surface area contributed by atoms with Gasteiger partial charge in [-0.15, -0.1) is 0 Å². The van der Waals surface area contributed by atoms with E-state index >= 15 is 0 Å². The third-order valence-corrected chi connectivity index (χ3v) is 4.15. The van der Waals surface area contributed by atoms with Crippen LogP contribution in [0.2, 0.25) is 0 Å². The Kier molecular flexibility index (Phi) is 4.20. The number of nitro groups is 2. The van der Waals surface area contributed by atoms with Crippen LogP contribution in [0.15, 0.2) is 23.3 Å². The molecular formula is C14H16N4O5. The number of anilines is 1. The van der Waals surface area contributed by atoms with E-state index in [1.54, 1.807) is 0 Å². The van der Waals surface area contributed by atoms with E-state index in [1.807, 2.05) is 0 Å². The molecule has 0 saturated carbocycles. The van der Waals surface area contributed by atoms with Crippen molar-refractivity contribution in [2.24, 2.45) is 5.10 Å². The number of nitrogens with one attached hydrogen (secondary N) is 1. The Hall–Kier alpha value is -2.55. The number of nitrogens with zero attached hydrogens (tertiary/aromatic N) is 3. The summed E-state index contributed by atoms with van der Waals surface area (Å²) in [6.07, 6.45) is 4.95. The summed E-state index contributed by atoms with van der Waals surface area (Å²) in [7, 11) is 0. The van der Waals surface area contributed by atoms with E-state index in [2.05, 4.69) is 10.5 Å². The van der Waals surface area contributed by atoms with Crippen molar-refractivity contribution in [3.63, 3.8) is 0 Å². The molecule has 122 valence electrons. The summed E-state index contributed by atoms with van der Waals surface area (Å²) in [6.45, 7) is 0. The summed E-state index contributed by atoms with van der Waals surface area (Å²) in [4.78, 5) is 20.5. The zero-order valence-corrected chi connectivity index (χ0v) is 12.3. The summed E-state index contributed by atoms with van der Waals surface area (Å²) in [5.74, 6) is 0. The maximum atomic E-state index is 11.1. The van der Waals surface area contributed by atoms with Gasteiger partial charge in [-0.05, 0) is 38.2 Å². The van der Waals surface area contributed by atoms with Crippen molar-refractivity contribution >= 4 is 22.8 Å². The van der Waals surface area contributed by atoms with Gasteiger partial charge in [-0.2, -0.15) is 5.10 Å². The molecule has 1 aromatic carbocycles. The summed E-state index contributed by atoms with van der Waals surface area (Å²) in [5.41, 5.74) is 2.96. The fraction of sp³-hybridized carbons (Fsp3) is 0.500. The van der Waals surface area contributed by atoms with Crippen LogP contribution in [0.4, 0.5) is 17.1 Å². The van der Waals surface area contributed by atoms with Crippen molar-refractivity contribution < 1.29 is 14.6 Å². The monoisotopic (exact) mass is 320 g/mol. The van der Waals surface area contributed by atoms with Gasteiger partial charge in [0.05, 0.1) is 33.8 Å². The zero-order valence-electron chi connectivity index (χ0n) is 12.3. The first-order valence-corrected chi connectivity index (χ1v) is 7.45. The van der Waals surface area contributed by atoms with E-state index in [1.165, 1.54) is 12.1 Å². The predicted molar refractivity (Wildman–Crippen MR) is 82.6 cm³/mol. The van der Waals surface area contributed by atoms with Crippen LogP contribution >= 0.6 is 0 Å². The van der Waals surface area contributed by atoms with Gasteiger partial charge in [0.25, 0.3) is 5.69 Å². The van der Waals surface area contributed by atoms with Gasteiger partial charge in [-0.3, -0.25) is 25.7 Å². The molecule has 0 radical (unpaired) electrons. The van der Waals surface area contributed by atoms with Gasteiger partial charge < -0.3 is 4.74 Å². The van der Waals surface area contributed by atoms with Crippen molar-refractivity contribution in [2.45, 2.75) is 44.3 Å². The Balaban J connectivity index is 1.83. The van der Waals surface area contributed by atoms with E-state index in [0.717, 1.165) is 43.9 Å². The van der Waals surface area contributed by atoms with Gasteiger partial charge in [0.2, 0.25) is 0 Å². The average molecular weight is 320 g/mol. The topological polar surface area (TPSA) is 120 Å². The maximum absolute atomic E-state index is 11.1. The van der Waals surface area contributed by atoms with E-state index in [4.69, 9.17) is 4.74 Å². The fourth-order valence-electron chi connectivity index (χ4n) is 2.97. The zero-order chi connectivity index (χ0) is 16.4. The number of non-ortho nitro benzene ring substituents is 1. The third-order valence-electron chi connectivity index (χ3n) is 4.15. The SMILES string of the molecule is O=[N+]([O-])c1ccc(N/N=C2/CCC[C@@H]3CC[C@H]2O3)c([N+](=O)[O-])c1. The molecule has 0 unspecified atom stereocenters. The molecule has 2 aliphatic rings. The number of hydrogen-bond donors (Lipinski definition) is 1.